The summed E-state index contributed by atoms with van der Waals surface area (Å²) in [5, 5.41) is 1.79. The number of nitrogens with zero attached hydrogens (tertiary/aromatic N) is 1. The Morgan fingerprint density at radius 1 is 1.08 bits per heavy atom. The van der Waals surface area contributed by atoms with Gasteiger partial charge in [-0.3, -0.25) is 9.59 Å². The Bertz CT molecular complexity index is 996. The molecule has 0 spiro atoms. The van der Waals surface area contributed by atoms with E-state index < -0.39 is 6.10 Å². The SMILES string of the molecule is C[C@@H](Oc1ccc2ccccc2c1C=O)C(=O)N1CCc2ccccc21. The molecule has 1 amide bonds. The van der Waals surface area contributed by atoms with E-state index in [0.29, 0.717) is 17.9 Å². The van der Waals surface area contributed by atoms with Gasteiger partial charge < -0.3 is 9.64 Å². The number of rotatable bonds is 4. The normalized spacial score (nSPS) is 14.1. The molecule has 0 unspecified atom stereocenters. The van der Waals surface area contributed by atoms with Crippen LogP contribution in [0.25, 0.3) is 10.8 Å². The van der Waals surface area contributed by atoms with Crippen LogP contribution < -0.4 is 9.64 Å². The van der Waals surface area contributed by atoms with E-state index in [-0.39, 0.29) is 5.91 Å². The Kier molecular flexibility index (Phi) is 4.17. The number of carbonyl (C=O) groups is 2. The fourth-order valence-electron chi connectivity index (χ4n) is 3.53. The maximum absolute atomic E-state index is 12.9. The number of fused-ring (bicyclic) bond motifs is 2. The molecule has 130 valence electrons. The zero-order chi connectivity index (χ0) is 18.1. The van der Waals surface area contributed by atoms with Gasteiger partial charge in [0, 0.05) is 12.2 Å². The topological polar surface area (TPSA) is 46.6 Å². The standard InChI is InChI=1S/C22H19NO3/c1-15(22(25)23-13-12-17-7-3-5-9-20(17)23)26-21-11-10-16-6-2-4-8-18(16)19(21)14-24/h2-11,14-15H,12-13H2,1H3/t15-/m1/s1. The third-order valence-electron chi connectivity index (χ3n) is 4.85. The summed E-state index contributed by atoms with van der Waals surface area (Å²) in [6.45, 7) is 2.39. The summed E-state index contributed by atoms with van der Waals surface area (Å²) in [5.74, 6) is 0.340. The number of ether oxygens (including phenoxy) is 1. The number of anilines is 1. The molecular weight excluding hydrogens is 326 g/mol. The minimum atomic E-state index is -0.680. The molecule has 3 aromatic rings. The van der Waals surface area contributed by atoms with Crippen LogP contribution in [0.3, 0.4) is 0 Å². The Balaban J connectivity index is 1.61. The summed E-state index contributed by atoms with van der Waals surface area (Å²) in [4.78, 5) is 26.3. The van der Waals surface area contributed by atoms with E-state index >= 15 is 0 Å². The fraction of sp³-hybridized carbons (Fsp3) is 0.182. The fourth-order valence-corrected chi connectivity index (χ4v) is 3.53. The minimum Gasteiger partial charge on any atom is -0.480 e. The average Bonchev–Trinajstić information content (AvgIpc) is 3.11. The van der Waals surface area contributed by atoms with Crippen molar-refractivity contribution in [3.05, 3.63) is 71.8 Å². The van der Waals surface area contributed by atoms with E-state index in [1.54, 1.807) is 17.9 Å². The molecular formula is C22H19NO3. The molecule has 0 N–H and O–H groups in total. The van der Waals surface area contributed by atoms with Gasteiger partial charge in [0.25, 0.3) is 5.91 Å². The Labute approximate surface area is 152 Å². The number of hydrogen-bond acceptors (Lipinski definition) is 3. The lowest BCUT2D eigenvalue weighted by Crippen LogP contribution is -2.39. The lowest BCUT2D eigenvalue weighted by molar-refractivity contribution is -0.124. The number of para-hydroxylation sites is 1. The quantitative estimate of drug-likeness (QED) is 0.671. The molecule has 0 radical (unpaired) electrons. The molecule has 4 nitrogen and oxygen atoms in total. The highest BCUT2D eigenvalue weighted by Crippen LogP contribution is 2.30. The Morgan fingerprint density at radius 2 is 1.85 bits per heavy atom. The molecule has 1 atom stereocenters. The van der Waals surface area contributed by atoms with Crippen molar-refractivity contribution in [2.75, 3.05) is 11.4 Å². The first-order valence-electron chi connectivity index (χ1n) is 8.72. The van der Waals surface area contributed by atoms with Crippen molar-refractivity contribution >= 4 is 28.7 Å². The molecule has 4 rings (SSSR count). The highest BCUT2D eigenvalue weighted by atomic mass is 16.5. The van der Waals surface area contributed by atoms with Gasteiger partial charge in [0.2, 0.25) is 0 Å². The summed E-state index contributed by atoms with van der Waals surface area (Å²) in [6, 6.07) is 19.2. The first-order chi connectivity index (χ1) is 12.7. The maximum atomic E-state index is 12.9. The van der Waals surface area contributed by atoms with Crippen LogP contribution in [0.15, 0.2) is 60.7 Å². The molecule has 4 heteroatoms. The van der Waals surface area contributed by atoms with E-state index in [1.807, 2.05) is 54.6 Å². The summed E-state index contributed by atoms with van der Waals surface area (Å²) in [6.07, 6.45) is 0.963. The molecule has 0 fully saturated rings. The first kappa shape index (κ1) is 16.3. The van der Waals surface area contributed by atoms with Crippen LogP contribution in [-0.4, -0.2) is 24.8 Å². The van der Waals surface area contributed by atoms with Gasteiger partial charge >= 0.3 is 0 Å². The maximum Gasteiger partial charge on any atom is 0.267 e. The molecule has 1 aliphatic heterocycles. The lowest BCUT2D eigenvalue weighted by Gasteiger charge is -2.23. The van der Waals surface area contributed by atoms with Crippen LogP contribution in [0.5, 0.6) is 5.75 Å². The van der Waals surface area contributed by atoms with Crippen LogP contribution in [0.1, 0.15) is 22.8 Å². The first-order valence-corrected chi connectivity index (χ1v) is 8.72. The summed E-state index contributed by atoms with van der Waals surface area (Å²) in [7, 11) is 0. The zero-order valence-corrected chi connectivity index (χ0v) is 14.5. The van der Waals surface area contributed by atoms with Crippen LogP contribution in [-0.2, 0) is 11.2 Å². The number of hydrogen-bond donors (Lipinski definition) is 0. The van der Waals surface area contributed by atoms with Gasteiger partial charge in [-0.15, -0.1) is 0 Å². The number of aldehydes is 1. The van der Waals surface area contributed by atoms with E-state index in [1.165, 1.54) is 5.56 Å². The monoisotopic (exact) mass is 345 g/mol. The minimum absolute atomic E-state index is 0.0973. The second-order valence-corrected chi connectivity index (χ2v) is 6.45. The van der Waals surface area contributed by atoms with E-state index in [9.17, 15) is 9.59 Å². The molecule has 0 aromatic heterocycles. The van der Waals surface area contributed by atoms with Gasteiger partial charge in [-0.2, -0.15) is 0 Å². The molecule has 3 aromatic carbocycles. The number of amides is 1. The van der Waals surface area contributed by atoms with Gasteiger partial charge in [-0.1, -0.05) is 48.5 Å². The van der Waals surface area contributed by atoms with E-state index in [2.05, 4.69) is 0 Å². The third-order valence-corrected chi connectivity index (χ3v) is 4.85. The lowest BCUT2D eigenvalue weighted by atomic mass is 10.0. The van der Waals surface area contributed by atoms with Crippen molar-refractivity contribution in [3.8, 4) is 5.75 Å². The van der Waals surface area contributed by atoms with Gasteiger partial charge in [-0.05, 0) is 41.8 Å². The molecule has 0 aliphatic carbocycles. The van der Waals surface area contributed by atoms with Gasteiger partial charge in [0.1, 0.15) is 5.75 Å². The Morgan fingerprint density at radius 3 is 2.69 bits per heavy atom. The number of carbonyl (C=O) groups excluding carboxylic acids is 2. The van der Waals surface area contributed by atoms with Crippen molar-refractivity contribution in [1.29, 1.82) is 0 Å². The van der Waals surface area contributed by atoms with Crippen molar-refractivity contribution in [1.82, 2.24) is 0 Å². The zero-order valence-electron chi connectivity index (χ0n) is 14.5. The second-order valence-electron chi connectivity index (χ2n) is 6.45. The van der Waals surface area contributed by atoms with Crippen LogP contribution in [0.2, 0.25) is 0 Å². The van der Waals surface area contributed by atoms with E-state index in [0.717, 1.165) is 29.2 Å². The highest BCUT2D eigenvalue weighted by Gasteiger charge is 2.29. The molecule has 1 aliphatic rings. The largest absolute Gasteiger partial charge is 0.480 e. The average molecular weight is 345 g/mol. The van der Waals surface area contributed by atoms with E-state index in [4.69, 9.17) is 4.74 Å². The predicted octanol–water partition coefficient (Wildman–Crippen LogP) is 4.01. The third kappa shape index (κ3) is 2.73. The summed E-state index contributed by atoms with van der Waals surface area (Å²) < 4.78 is 5.91. The van der Waals surface area contributed by atoms with Gasteiger partial charge in [0.15, 0.2) is 12.4 Å². The van der Waals surface area contributed by atoms with Gasteiger partial charge in [0.05, 0.1) is 5.56 Å². The van der Waals surface area contributed by atoms with Crippen molar-refractivity contribution in [2.24, 2.45) is 0 Å². The van der Waals surface area contributed by atoms with Crippen molar-refractivity contribution in [3.63, 3.8) is 0 Å². The van der Waals surface area contributed by atoms with Crippen molar-refractivity contribution < 1.29 is 14.3 Å². The van der Waals surface area contributed by atoms with Crippen LogP contribution in [0, 0.1) is 0 Å². The summed E-state index contributed by atoms with van der Waals surface area (Å²) in [5.41, 5.74) is 2.60. The molecule has 0 saturated carbocycles. The number of benzene rings is 3. The highest BCUT2D eigenvalue weighted by molar-refractivity contribution is 6.01. The predicted molar refractivity (Wildman–Crippen MR) is 102 cm³/mol. The molecule has 0 bridgehead atoms. The molecule has 1 heterocycles. The second kappa shape index (κ2) is 6.64. The van der Waals surface area contributed by atoms with Crippen LogP contribution >= 0.6 is 0 Å². The van der Waals surface area contributed by atoms with Gasteiger partial charge in [-0.25, -0.2) is 0 Å². The smallest absolute Gasteiger partial charge is 0.267 e. The Hall–Kier alpha value is -3.14. The van der Waals surface area contributed by atoms with Crippen LogP contribution in [0.4, 0.5) is 5.69 Å². The summed E-state index contributed by atoms with van der Waals surface area (Å²) >= 11 is 0. The van der Waals surface area contributed by atoms with Crippen molar-refractivity contribution in [2.45, 2.75) is 19.4 Å². The molecule has 0 saturated heterocycles. The molecule has 26 heavy (non-hydrogen) atoms.